The second-order valence-electron chi connectivity index (χ2n) is 4.15. The van der Waals surface area contributed by atoms with E-state index < -0.39 is 0 Å². The van der Waals surface area contributed by atoms with Crippen LogP contribution in [0.5, 0.6) is 0 Å². The first-order chi connectivity index (χ1) is 9.15. The molecule has 0 amide bonds. The van der Waals surface area contributed by atoms with Crippen molar-refractivity contribution in [3.05, 3.63) is 40.6 Å². The first kappa shape index (κ1) is 12.6. The van der Waals surface area contributed by atoms with Crippen LogP contribution in [0.15, 0.2) is 33.5 Å². The highest BCUT2D eigenvalue weighted by Crippen LogP contribution is 2.25. The molecule has 98 valence electrons. The number of alkyl halides is 1. The van der Waals surface area contributed by atoms with Gasteiger partial charge in [-0.05, 0) is 28.9 Å². The Hall–Kier alpha value is -1.40. The van der Waals surface area contributed by atoms with E-state index in [1.54, 1.807) is 12.4 Å². The Balaban J connectivity index is 2.16. The molecule has 7 heteroatoms. The molecule has 3 rings (SSSR count). The number of imidazole rings is 1. The van der Waals surface area contributed by atoms with Crippen molar-refractivity contribution in [1.82, 2.24) is 19.7 Å². The predicted octanol–water partition coefficient (Wildman–Crippen LogP) is 3.53. The third-order valence-corrected chi connectivity index (χ3v) is 3.37. The molecule has 19 heavy (non-hydrogen) atoms. The Kier molecular flexibility index (Phi) is 3.28. The number of rotatable bonds is 3. The van der Waals surface area contributed by atoms with Gasteiger partial charge in [0.05, 0.1) is 18.1 Å². The van der Waals surface area contributed by atoms with Gasteiger partial charge in [-0.1, -0.05) is 5.16 Å². The van der Waals surface area contributed by atoms with E-state index in [0.717, 1.165) is 27.2 Å². The van der Waals surface area contributed by atoms with Gasteiger partial charge in [0.25, 0.3) is 0 Å². The summed E-state index contributed by atoms with van der Waals surface area (Å²) >= 11 is 9.58. The molecule has 3 heterocycles. The van der Waals surface area contributed by atoms with Crippen LogP contribution in [0.25, 0.3) is 11.2 Å². The van der Waals surface area contributed by atoms with Gasteiger partial charge in [-0.15, -0.1) is 11.6 Å². The van der Waals surface area contributed by atoms with Crippen LogP contribution in [0.4, 0.5) is 0 Å². The van der Waals surface area contributed by atoms with Crippen molar-refractivity contribution in [2.75, 3.05) is 0 Å². The van der Waals surface area contributed by atoms with Gasteiger partial charge in [-0.3, -0.25) is 0 Å². The number of halogens is 2. The van der Waals surface area contributed by atoms with Crippen LogP contribution in [0.2, 0.25) is 0 Å². The highest BCUT2D eigenvalue weighted by molar-refractivity contribution is 9.10. The van der Waals surface area contributed by atoms with Crippen LogP contribution in [0.3, 0.4) is 0 Å². The number of nitrogens with zero attached hydrogens (tertiary/aromatic N) is 4. The Morgan fingerprint density at radius 1 is 1.53 bits per heavy atom. The molecule has 5 nitrogen and oxygen atoms in total. The largest absolute Gasteiger partial charge is 0.359 e. The SMILES string of the molecule is CC(Cl)c1nc2cc(Br)cnc2n1Cc1ccno1. The zero-order valence-electron chi connectivity index (χ0n) is 10.0. The third-order valence-electron chi connectivity index (χ3n) is 2.74. The molecule has 0 fully saturated rings. The lowest BCUT2D eigenvalue weighted by Crippen LogP contribution is -2.05. The smallest absolute Gasteiger partial charge is 0.160 e. The first-order valence-corrected chi connectivity index (χ1v) is 6.93. The summed E-state index contributed by atoms with van der Waals surface area (Å²) in [5.41, 5.74) is 1.58. The summed E-state index contributed by atoms with van der Waals surface area (Å²) in [5.74, 6) is 1.50. The molecule has 0 aliphatic rings. The third kappa shape index (κ3) is 2.37. The Morgan fingerprint density at radius 2 is 2.37 bits per heavy atom. The maximum atomic E-state index is 6.19. The number of fused-ring (bicyclic) bond motifs is 1. The van der Waals surface area contributed by atoms with Crippen molar-refractivity contribution >= 4 is 38.7 Å². The van der Waals surface area contributed by atoms with Gasteiger partial charge < -0.3 is 9.09 Å². The first-order valence-electron chi connectivity index (χ1n) is 5.70. The second kappa shape index (κ2) is 4.94. The molecule has 0 bridgehead atoms. The van der Waals surface area contributed by atoms with E-state index in [1.165, 1.54) is 0 Å². The highest BCUT2D eigenvalue weighted by Gasteiger charge is 2.17. The van der Waals surface area contributed by atoms with E-state index >= 15 is 0 Å². The van der Waals surface area contributed by atoms with E-state index in [9.17, 15) is 0 Å². The minimum Gasteiger partial charge on any atom is -0.359 e. The topological polar surface area (TPSA) is 56.7 Å². The fraction of sp³-hybridized carbons (Fsp3) is 0.250. The summed E-state index contributed by atoms with van der Waals surface area (Å²) in [4.78, 5) is 8.93. The van der Waals surface area contributed by atoms with Gasteiger partial charge >= 0.3 is 0 Å². The van der Waals surface area contributed by atoms with Gasteiger partial charge in [-0.2, -0.15) is 0 Å². The Labute approximate surface area is 122 Å². The van der Waals surface area contributed by atoms with Crippen molar-refractivity contribution in [2.45, 2.75) is 18.8 Å². The second-order valence-corrected chi connectivity index (χ2v) is 5.72. The molecule has 0 aliphatic carbocycles. The minimum atomic E-state index is -0.212. The maximum absolute atomic E-state index is 6.19. The molecule has 1 unspecified atom stereocenters. The van der Waals surface area contributed by atoms with Gasteiger partial charge in [0.1, 0.15) is 11.3 Å². The van der Waals surface area contributed by atoms with Gasteiger partial charge in [0.2, 0.25) is 0 Å². The van der Waals surface area contributed by atoms with Crippen LogP contribution in [0, 0.1) is 0 Å². The lowest BCUT2D eigenvalue weighted by atomic mass is 10.4. The van der Waals surface area contributed by atoms with Crippen LogP contribution in [0.1, 0.15) is 23.9 Å². The highest BCUT2D eigenvalue weighted by atomic mass is 79.9. The summed E-state index contributed by atoms with van der Waals surface area (Å²) in [7, 11) is 0. The lowest BCUT2D eigenvalue weighted by molar-refractivity contribution is 0.376. The quantitative estimate of drug-likeness (QED) is 0.684. The van der Waals surface area contributed by atoms with Crippen LogP contribution in [-0.4, -0.2) is 19.7 Å². The molecule has 0 radical (unpaired) electrons. The summed E-state index contributed by atoms with van der Waals surface area (Å²) in [6.07, 6.45) is 3.35. The van der Waals surface area contributed by atoms with Crippen molar-refractivity contribution < 1.29 is 4.52 Å². The van der Waals surface area contributed by atoms with E-state index in [2.05, 4.69) is 31.1 Å². The molecule has 0 spiro atoms. The van der Waals surface area contributed by atoms with Crippen molar-refractivity contribution in [3.63, 3.8) is 0 Å². The molecular weight excluding hydrogens is 332 g/mol. The molecule has 0 aliphatic heterocycles. The fourth-order valence-corrected chi connectivity index (χ4v) is 2.43. The van der Waals surface area contributed by atoms with Crippen molar-refractivity contribution in [1.29, 1.82) is 0 Å². The van der Waals surface area contributed by atoms with E-state index in [0.29, 0.717) is 6.54 Å². The average molecular weight is 342 g/mol. The molecule has 1 atom stereocenters. The van der Waals surface area contributed by atoms with E-state index in [4.69, 9.17) is 16.1 Å². The zero-order chi connectivity index (χ0) is 13.4. The summed E-state index contributed by atoms with van der Waals surface area (Å²) in [6, 6.07) is 3.73. The molecule has 0 saturated carbocycles. The van der Waals surface area contributed by atoms with Crippen molar-refractivity contribution in [2.24, 2.45) is 0 Å². The Morgan fingerprint density at radius 3 is 3.05 bits per heavy atom. The van der Waals surface area contributed by atoms with Gasteiger partial charge in [-0.25, -0.2) is 9.97 Å². The monoisotopic (exact) mass is 340 g/mol. The number of hydrogen-bond acceptors (Lipinski definition) is 4. The fourth-order valence-electron chi connectivity index (χ4n) is 1.94. The Bertz CT molecular complexity index is 708. The summed E-state index contributed by atoms with van der Waals surface area (Å²) in [5, 5.41) is 3.49. The normalized spacial score (nSPS) is 13.0. The van der Waals surface area contributed by atoms with Crippen LogP contribution in [-0.2, 0) is 6.54 Å². The number of aromatic nitrogens is 4. The molecular formula is C12H10BrClN4O. The molecule has 3 aromatic heterocycles. The molecule has 3 aromatic rings. The predicted molar refractivity (Wildman–Crippen MR) is 75.1 cm³/mol. The van der Waals surface area contributed by atoms with Crippen molar-refractivity contribution in [3.8, 4) is 0 Å². The summed E-state index contributed by atoms with van der Waals surface area (Å²) < 4.78 is 7.97. The van der Waals surface area contributed by atoms with E-state index in [-0.39, 0.29) is 5.38 Å². The molecule has 0 saturated heterocycles. The molecule has 0 N–H and O–H groups in total. The summed E-state index contributed by atoms with van der Waals surface area (Å²) in [6.45, 7) is 2.40. The molecule has 0 aromatic carbocycles. The van der Waals surface area contributed by atoms with E-state index in [1.807, 2.05) is 23.6 Å². The maximum Gasteiger partial charge on any atom is 0.160 e. The minimum absolute atomic E-state index is 0.212. The average Bonchev–Trinajstić information content (AvgIpc) is 2.97. The van der Waals surface area contributed by atoms with Crippen LogP contribution >= 0.6 is 27.5 Å². The van der Waals surface area contributed by atoms with Gasteiger partial charge in [0, 0.05) is 16.7 Å². The number of hydrogen-bond donors (Lipinski definition) is 0. The lowest BCUT2D eigenvalue weighted by Gasteiger charge is -2.07. The van der Waals surface area contributed by atoms with Crippen LogP contribution < -0.4 is 0 Å². The van der Waals surface area contributed by atoms with Gasteiger partial charge in [0.15, 0.2) is 11.4 Å². The number of pyridine rings is 1. The zero-order valence-corrected chi connectivity index (χ0v) is 12.4. The standard InChI is InChI=1S/C12H10BrClN4O/c1-7(14)11-17-10-4-8(13)5-15-12(10)18(11)6-9-2-3-16-19-9/h2-5,7H,6H2,1H3.